The maximum Gasteiger partial charge on any atom is 0.411 e. The van der Waals surface area contributed by atoms with Crippen molar-refractivity contribution in [1.82, 2.24) is 4.90 Å². The van der Waals surface area contributed by atoms with E-state index in [2.05, 4.69) is 36.2 Å². The number of rotatable bonds is 8. The van der Waals surface area contributed by atoms with E-state index in [0.717, 1.165) is 25.3 Å². The Kier molecular flexibility index (Phi) is 7.30. The van der Waals surface area contributed by atoms with Crippen molar-refractivity contribution in [2.45, 2.75) is 26.4 Å². The minimum atomic E-state index is -0.408. The lowest BCUT2D eigenvalue weighted by atomic mass is 10.1. The summed E-state index contributed by atoms with van der Waals surface area (Å²) in [6.45, 7) is 6.83. The van der Waals surface area contributed by atoms with E-state index in [1.54, 1.807) is 0 Å². The number of hydrogen-bond acceptors (Lipinski definition) is 3. The zero-order chi connectivity index (χ0) is 17.2. The molecule has 2 aromatic rings. The van der Waals surface area contributed by atoms with Gasteiger partial charge in [0.1, 0.15) is 6.10 Å². The highest BCUT2D eigenvalue weighted by Gasteiger charge is 2.18. The lowest BCUT2D eigenvalue weighted by Crippen LogP contribution is -2.37. The number of amides is 1. The molecule has 0 radical (unpaired) electrons. The summed E-state index contributed by atoms with van der Waals surface area (Å²) in [5.74, 6) is 0. The quantitative estimate of drug-likeness (QED) is 0.791. The zero-order valence-corrected chi connectivity index (χ0v) is 14.4. The topological polar surface area (TPSA) is 41.6 Å². The number of hydrogen-bond donors (Lipinski definition) is 1. The smallest absolute Gasteiger partial charge is 0.411 e. The summed E-state index contributed by atoms with van der Waals surface area (Å²) in [6, 6.07) is 19.5. The number of benzene rings is 2. The van der Waals surface area contributed by atoms with Crippen LogP contribution < -0.4 is 5.32 Å². The van der Waals surface area contributed by atoms with Crippen molar-refractivity contribution in [3.05, 3.63) is 66.2 Å². The highest BCUT2D eigenvalue weighted by Crippen LogP contribution is 2.11. The maximum atomic E-state index is 12.2. The highest BCUT2D eigenvalue weighted by molar-refractivity contribution is 5.84. The Morgan fingerprint density at radius 1 is 1.00 bits per heavy atom. The summed E-state index contributed by atoms with van der Waals surface area (Å²) in [6.07, 6.45) is 0.116. The Balaban J connectivity index is 1.99. The first-order valence-corrected chi connectivity index (χ1v) is 8.50. The van der Waals surface area contributed by atoms with Crippen LogP contribution in [0.25, 0.3) is 0 Å². The normalized spacial score (nSPS) is 12.0. The zero-order valence-electron chi connectivity index (χ0n) is 14.4. The molecule has 2 aromatic carbocycles. The van der Waals surface area contributed by atoms with Crippen LogP contribution in [0.2, 0.25) is 0 Å². The van der Waals surface area contributed by atoms with Gasteiger partial charge in [-0.3, -0.25) is 5.32 Å². The van der Waals surface area contributed by atoms with E-state index < -0.39 is 6.09 Å². The standard InChI is InChI=1S/C20H26N2O2/c1-3-22(4-2)16-19(15-17-11-7-5-8-12-17)24-20(23)21-18-13-9-6-10-14-18/h5-14,19H,3-4,15-16H2,1-2H3,(H,21,23). The van der Waals surface area contributed by atoms with Crippen LogP contribution in [0.1, 0.15) is 19.4 Å². The molecule has 1 N–H and O–H groups in total. The summed E-state index contributed by atoms with van der Waals surface area (Å²) < 4.78 is 5.70. The van der Waals surface area contributed by atoms with Crippen molar-refractivity contribution >= 4 is 11.8 Å². The number of carbonyl (C=O) groups is 1. The van der Waals surface area contributed by atoms with Crippen molar-refractivity contribution < 1.29 is 9.53 Å². The molecule has 0 aliphatic rings. The fraction of sp³-hybridized carbons (Fsp3) is 0.350. The molecule has 0 fully saturated rings. The van der Waals surface area contributed by atoms with Gasteiger partial charge in [0.25, 0.3) is 0 Å². The fourth-order valence-corrected chi connectivity index (χ4v) is 2.61. The van der Waals surface area contributed by atoms with Gasteiger partial charge >= 0.3 is 6.09 Å². The maximum absolute atomic E-state index is 12.2. The molecule has 0 heterocycles. The number of carbonyl (C=O) groups excluding carboxylic acids is 1. The van der Waals surface area contributed by atoms with Gasteiger partial charge in [-0.25, -0.2) is 4.79 Å². The Labute approximate surface area is 144 Å². The fourth-order valence-electron chi connectivity index (χ4n) is 2.61. The first-order chi connectivity index (χ1) is 11.7. The van der Waals surface area contributed by atoms with E-state index in [4.69, 9.17) is 4.74 Å². The monoisotopic (exact) mass is 326 g/mol. The molecule has 24 heavy (non-hydrogen) atoms. The largest absolute Gasteiger partial charge is 0.444 e. The van der Waals surface area contributed by atoms with Gasteiger partial charge in [0.15, 0.2) is 0 Å². The van der Waals surface area contributed by atoms with Gasteiger partial charge in [-0.05, 0) is 30.8 Å². The van der Waals surface area contributed by atoms with Crippen LogP contribution in [-0.4, -0.2) is 36.7 Å². The summed E-state index contributed by atoms with van der Waals surface area (Å²) in [5, 5.41) is 2.79. The highest BCUT2D eigenvalue weighted by atomic mass is 16.6. The van der Waals surface area contributed by atoms with Crippen molar-refractivity contribution in [3.63, 3.8) is 0 Å². The van der Waals surface area contributed by atoms with Crippen LogP contribution in [0, 0.1) is 0 Å². The molecular formula is C20H26N2O2. The second-order valence-corrected chi connectivity index (χ2v) is 5.69. The number of likely N-dealkylation sites (N-methyl/N-ethyl adjacent to an activating group) is 1. The molecule has 0 saturated carbocycles. The molecule has 0 bridgehead atoms. The van der Waals surface area contributed by atoms with E-state index in [1.807, 2.05) is 48.5 Å². The van der Waals surface area contributed by atoms with Crippen LogP contribution in [-0.2, 0) is 11.2 Å². The molecular weight excluding hydrogens is 300 g/mol. The molecule has 0 spiro atoms. The van der Waals surface area contributed by atoms with Gasteiger partial charge in [0, 0.05) is 18.7 Å². The van der Waals surface area contributed by atoms with Gasteiger partial charge in [0.2, 0.25) is 0 Å². The average molecular weight is 326 g/mol. The third-order valence-corrected chi connectivity index (χ3v) is 3.96. The van der Waals surface area contributed by atoms with Crippen LogP contribution >= 0.6 is 0 Å². The van der Waals surface area contributed by atoms with Gasteiger partial charge in [-0.2, -0.15) is 0 Å². The SMILES string of the molecule is CCN(CC)CC(Cc1ccccc1)OC(=O)Nc1ccccc1. The first kappa shape index (κ1) is 18.0. The van der Waals surface area contributed by atoms with Gasteiger partial charge in [-0.15, -0.1) is 0 Å². The van der Waals surface area contributed by atoms with Crippen LogP contribution in [0.3, 0.4) is 0 Å². The molecule has 1 unspecified atom stereocenters. The molecule has 0 aliphatic heterocycles. The average Bonchev–Trinajstić information content (AvgIpc) is 2.61. The van der Waals surface area contributed by atoms with E-state index >= 15 is 0 Å². The summed E-state index contributed by atoms with van der Waals surface area (Å²) in [4.78, 5) is 14.5. The van der Waals surface area contributed by atoms with Crippen molar-refractivity contribution in [2.75, 3.05) is 25.0 Å². The molecule has 4 nitrogen and oxygen atoms in total. The van der Waals surface area contributed by atoms with Gasteiger partial charge in [-0.1, -0.05) is 62.4 Å². The molecule has 0 aliphatic carbocycles. The van der Waals surface area contributed by atoms with Gasteiger partial charge < -0.3 is 9.64 Å². The third-order valence-electron chi connectivity index (χ3n) is 3.96. The third kappa shape index (κ3) is 6.05. The number of nitrogens with one attached hydrogen (secondary N) is 1. The molecule has 1 amide bonds. The Morgan fingerprint density at radius 2 is 1.58 bits per heavy atom. The minimum absolute atomic E-state index is 0.184. The second kappa shape index (κ2) is 9.73. The molecule has 0 aromatic heterocycles. The van der Waals surface area contributed by atoms with E-state index in [1.165, 1.54) is 5.56 Å². The second-order valence-electron chi connectivity index (χ2n) is 5.69. The molecule has 128 valence electrons. The van der Waals surface area contributed by atoms with Crippen LogP contribution in [0.4, 0.5) is 10.5 Å². The number of nitrogens with zero attached hydrogens (tertiary/aromatic N) is 1. The van der Waals surface area contributed by atoms with Crippen molar-refractivity contribution in [2.24, 2.45) is 0 Å². The summed E-state index contributed by atoms with van der Waals surface area (Å²) in [5.41, 5.74) is 1.91. The summed E-state index contributed by atoms with van der Waals surface area (Å²) >= 11 is 0. The lowest BCUT2D eigenvalue weighted by Gasteiger charge is -2.25. The Hall–Kier alpha value is -2.33. The molecule has 2 rings (SSSR count). The number of ether oxygens (including phenoxy) is 1. The lowest BCUT2D eigenvalue weighted by molar-refractivity contribution is 0.0825. The summed E-state index contributed by atoms with van der Waals surface area (Å²) in [7, 11) is 0. The minimum Gasteiger partial charge on any atom is -0.444 e. The Morgan fingerprint density at radius 3 is 2.17 bits per heavy atom. The van der Waals surface area contributed by atoms with Gasteiger partial charge in [0.05, 0.1) is 0 Å². The van der Waals surface area contributed by atoms with Crippen molar-refractivity contribution in [1.29, 1.82) is 0 Å². The molecule has 4 heteroatoms. The number of anilines is 1. The number of para-hydroxylation sites is 1. The molecule has 0 saturated heterocycles. The molecule has 1 atom stereocenters. The van der Waals surface area contributed by atoms with E-state index in [9.17, 15) is 4.79 Å². The van der Waals surface area contributed by atoms with E-state index in [0.29, 0.717) is 6.42 Å². The van der Waals surface area contributed by atoms with Crippen LogP contribution in [0.5, 0.6) is 0 Å². The first-order valence-electron chi connectivity index (χ1n) is 8.50. The van der Waals surface area contributed by atoms with Crippen molar-refractivity contribution in [3.8, 4) is 0 Å². The van der Waals surface area contributed by atoms with Crippen LogP contribution in [0.15, 0.2) is 60.7 Å². The predicted octanol–water partition coefficient (Wildman–Crippen LogP) is 4.19. The Bertz CT molecular complexity index is 598. The predicted molar refractivity (Wildman–Crippen MR) is 98.3 cm³/mol. The van der Waals surface area contributed by atoms with E-state index in [-0.39, 0.29) is 6.10 Å².